The van der Waals surface area contributed by atoms with Crippen LogP contribution in [0.15, 0.2) is 24.3 Å². The molecule has 0 aliphatic carbocycles. The summed E-state index contributed by atoms with van der Waals surface area (Å²) in [5.74, 6) is 0.451. The molecule has 2 rings (SSSR count). The Kier molecular flexibility index (Phi) is 2.94. The third kappa shape index (κ3) is 1.81. The van der Waals surface area contributed by atoms with Gasteiger partial charge in [-0.2, -0.15) is 0 Å². The molecule has 2 N–H and O–H groups in total. The zero-order chi connectivity index (χ0) is 11.6. The number of carbonyl (C=O) groups excluding carboxylic acids is 1. The lowest BCUT2D eigenvalue weighted by atomic mass is 9.89. The minimum absolute atomic E-state index is 0.109. The topological polar surface area (TPSA) is 61.5 Å². The molecular formula is C12H15NO3. The molecule has 1 unspecified atom stereocenters. The van der Waals surface area contributed by atoms with Gasteiger partial charge in [0.2, 0.25) is 0 Å². The molecule has 1 aliphatic heterocycles. The van der Waals surface area contributed by atoms with E-state index in [1.807, 2.05) is 6.07 Å². The number of para-hydroxylation sites is 1. The number of ether oxygens (including phenoxy) is 2. The second kappa shape index (κ2) is 4.23. The Bertz CT molecular complexity index is 397. The molecule has 16 heavy (non-hydrogen) atoms. The van der Waals surface area contributed by atoms with Crippen LogP contribution in [-0.4, -0.2) is 31.6 Å². The molecule has 1 heterocycles. The van der Waals surface area contributed by atoms with Crippen molar-refractivity contribution in [1.29, 1.82) is 0 Å². The van der Waals surface area contributed by atoms with Crippen molar-refractivity contribution in [2.75, 3.05) is 20.3 Å². The Morgan fingerprint density at radius 2 is 2.25 bits per heavy atom. The Hall–Kier alpha value is -1.39. The number of hydrogen-bond acceptors (Lipinski definition) is 4. The number of nitrogens with two attached hydrogens (primary N) is 1. The summed E-state index contributed by atoms with van der Waals surface area (Å²) in [5, 5.41) is 0. The van der Waals surface area contributed by atoms with Gasteiger partial charge in [0.25, 0.3) is 0 Å². The van der Waals surface area contributed by atoms with Crippen LogP contribution in [0.3, 0.4) is 0 Å². The maximum absolute atomic E-state index is 12.3. The molecule has 0 saturated carbocycles. The molecule has 1 aromatic rings. The SMILES string of the molecule is COc1ccccc1C(=O)C1(N)CCOC1. The van der Waals surface area contributed by atoms with Crippen molar-refractivity contribution in [3.05, 3.63) is 29.8 Å². The molecule has 0 aromatic heterocycles. The first kappa shape index (κ1) is 11.1. The first-order valence-electron chi connectivity index (χ1n) is 5.22. The van der Waals surface area contributed by atoms with Crippen LogP contribution in [0, 0.1) is 0 Å². The van der Waals surface area contributed by atoms with E-state index in [2.05, 4.69) is 0 Å². The number of ketones is 1. The molecule has 4 nitrogen and oxygen atoms in total. The van der Waals surface area contributed by atoms with E-state index < -0.39 is 5.54 Å². The van der Waals surface area contributed by atoms with Gasteiger partial charge in [-0.15, -0.1) is 0 Å². The smallest absolute Gasteiger partial charge is 0.188 e. The molecule has 0 radical (unpaired) electrons. The van der Waals surface area contributed by atoms with E-state index in [9.17, 15) is 4.79 Å². The van der Waals surface area contributed by atoms with E-state index in [1.165, 1.54) is 0 Å². The van der Waals surface area contributed by atoms with Crippen molar-refractivity contribution >= 4 is 5.78 Å². The van der Waals surface area contributed by atoms with E-state index >= 15 is 0 Å². The molecule has 0 amide bonds. The van der Waals surface area contributed by atoms with Crippen molar-refractivity contribution < 1.29 is 14.3 Å². The highest BCUT2D eigenvalue weighted by Crippen LogP contribution is 2.26. The van der Waals surface area contributed by atoms with Gasteiger partial charge in [0.15, 0.2) is 5.78 Å². The molecule has 86 valence electrons. The van der Waals surface area contributed by atoms with Crippen molar-refractivity contribution in [3.8, 4) is 5.75 Å². The highest BCUT2D eigenvalue weighted by molar-refractivity contribution is 6.05. The summed E-state index contributed by atoms with van der Waals surface area (Å²) in [4.78, 5) is 12.3. The zero-order valence-corrected chi connectivity index (χ0v) is 9.23. The number of Topliss-reactive ketones (excluding diaryl/α,β-unsaturated/α-hetero) is 1. The van der Waals surface area contributed by atoms with Gasteiger partial charge < -0.3 is 15.2 Å². The van der Waals surface area contributed by atoms with Gasteiger partial charge in [-0.3, -0.25) is 4.79 Å². The van der Waals surface area contributed by atoms with Crippen LogP contribution in [-0.2, 0) is 4.74 Å². The highest BCUT2D eigenvalue weighted by atomic mass is 16.5. The van der Waals surface area contributed by atoms with Gasteiger partial charge in [0.05, 0.1) is 19.3 Å². The van der Waals surface area contributed by atoms with E-state index in [1.54, 1.807) is 25.3 Å². The maximum Gasteiger partial charge on any atom is 0.188 e. The van der Waals surface area contributed by atoms with E-state index in [4.69, 9.17) is 15.2 Å². The Morgan fingerprint density at radius 1 is 1.50 bits per heavy atom. The molecule has 1 atom stereocenters. The average molecular weight is 221 g/mol. The van der Waals surface area contributed by atoms with Gasteiger partial charge in [0.1, 0.15) is 11.3 Å². The first-order chi connectivity index (χ1) is 7.67. The number of hydrogen-bond donors (Lipinski definition) is 1. The van der Waals surface area contributed by atoms with Crippen LogP contribution in [0.4, 0.5) is 0 Å². The number of rotatable bonds is 3. The average Bonchev–Trinajstić information content (AvgIpc) is 2.76. The van der Waals surface area contributed by atoms with E-state index in [-0.39, 0.29) is 12.4 Å². The summed E-state index contributed by atoms with van der Waals surface area (Å²) in [6, 6.07) is 7.11. The maximum atomic E-state index is 12.3. The third-order valence-corrected chi connectivity index (χ3v) is 2.86. The molecule has 0 bridgehead atoms. The van der Waals surface area contributed by atoms with E-state index in [0.717, 1.165) is 0 Å². The number of benzene rings is 1. The summed E-state index contributed by atoms with van der Waals surface area (Å²) in [7, 11) is 1.54. The monoisotopic (exact) mass is 221 g/mol. The van der Waals surface area contributed by atoms with Crippen LogP contribution < -0.4 is 10.5 Å². The van der Waals surface area contributed by atoms with Crippen molar-refractivity contribution in [2.24, 2.45) is 5.73 Å². The fourth-order valence-corrected chi connectivity index (χ4v) is 1.86. The summed E-state index contributed by atoms with van der Waals surface area (Å²) in [6.45, 7) is 0.821. The third-order valence-electron chi connectivity index (χ3n) is 2.86. The fourth-order valence-electron chi connectivity index (χ4n) is 1.86. The van der Waals surface area contributed by atoms with Crippen molar-refractivity contribution in [1.82, 2.24) is 0 Å². The first-order valence-corrected chi connectivity index (χ1v) is 5.22. The second-order valence-electron chi connectivity index (χ2n) is 3.99. The van der Waals surface area contributed by atoms with Crippen molar-refractivity contribution in [2.45, 2.75) is 12.0 Å². The summed E-state index contributed by atoms with van der Waals surface area (Å²) in [5.41, 5.74) is 5.66. The normalized spacial score (nSPS) is 24.4. The van der Waals surface area contributed by atoms with Crippen molar-refractivity contribution in [3.63, 3.8) is 0 Å². The fraction of sp³-hybridized carbons (Fsp3) is 0.417. The van der Waals surface area contributed by atoms with Gasteiger partial charge in [-0.25, -0.2) is 0 Å². The largest absolute Gasteiger partial charge is 0.496 e. The minimum Gasteiger partial charge on any atom is -0.496 e. The molecule has 1 fully saturated rings. The zero-order valence-electron chi connectivity index (χ0n) is 9.23. The predicted molar refractivity (Wildman–Crippen MR) is 59.7 cm³/mol. The van der Waals surface area contributed by atoms with E-state index in [0.29, 0.717) is 24.3 Å². The number of carbonyl (C=O) groups is 1. The number of methoxy groups -OCH3 is 1. The predicted octanol–water partition coefficient (Wildman–Crippen LogP) is 0.996. The quantitative estimate of drug-likeness (QED) is 0.773. The van der Waals surface area contributed by atoms with Crippen LogP contribution >= 0.6 is 0 Å². The lowest BCUT2D eigenvalue weighted by Crippen LogP contribution is -2.48. The highest BCUT2D eigenvalue weighted by Gasteiger charge is 2.39. The lowest BCUT2D eigenvalue weighted by Gasteiger charge is -2.21. The molecule has 1 aromatic carbocycles. The standard InChI is InChI=1S/C12H15NO3/c1-15-10-5-3-2-4-9(10)11(14)12(13)6-7-16-8-12/h2-5H,6-8,13H2,1H3. The molecular weight excluding hydrogens is 206 g/mol. The summed E-state index contributed by atoms with van der Waals surface area (Å²) >= 11 is 0. The Balaban J connectivity index is 2.33. The van der Waals surface area contributed by atoms with Gasteiger partial charge in [0, 0.05) is 6.61 Å². The van der Waals surface area contributed by atoms with Gasteiger partial charge >= 0.3 is 0 Å². The minimum atomic E-state index is -0.894. The summed E-state index contributed by atoms with van der Waals surface area (Å²) < 4.78 is 10.3. The van der Waals surface area contributed by atoms with Crippen LogP contribution in [0.1, 0.15) is 16.8 Å². The molecule has 1 saturated heterocycles. The molecule has 0 spiro atoms. The van der Waals surface area contributed by atoms with Crippen LogP contribution in [0.5, 0.6) is 5.75 Å². The summed E-state index contributed by atoms with van der Waals surface area (Å²) in [6.07, 6.45) is 0.559. The molecule has 4 heteroatoms. The van der Waals surface area contributed by atoms with Crippen LogP contribution in [0.2, 0.25) is 0 Å². The molecule has 1 aliphatic rings. The second-order valence-corrected chi connectivity index (χ2v) is 3.99. The van der Waals surface area contributed by atoms with Gasteiger partial charge in [-0.05, 0) is 18.6 Å². The van der Waals surface area contributed by atoms with Crippen LogP contribution in [0.25, 0.3) is 0 Å². The Morgan fingerprint density at radius 3 is 2.88 bits per heavy atom. The van der Waals surface area contributed by atoms with Gasteiger partial charge in [-0.1, -0.05) is 12.1 Å². The Labute approximate surface area is 94.3 Å². The lowest BCUT2D eigenvalue weighted by molar-refractivity contribution is 0.0860.